The Labute approximate surface area is 148 Å². The van der Waals surface area contributed by atoms with Gasteiger partial charge >= 0.3 is 0 Å². The summed E-state index contributed by atoms with van der Waals surface area (Å²) >= 11 is 7.41. The zero-order valence-electron chi connectivity index (χ0n) is 13.2. The fraction of sp³-hybridized carbons (Fsp3) is 0.353. The molecule has 0 bridgehead atoms. The molecule has 1 saturated heterocycles. The second kappa shape index (κ2) is 6.18. The Bertz CT molecular complexity index is 896. The van der Waals surface area contributed by atoms with E-state index in [1.807, 2.05) is 30.0 Å². The quantitative estimate of drug-likeness (QED) is 0.684. The highest BCUT2D eigenvalue weighted by molar-refractivity contribution is 7.20. The second-order valence-corrected chi connectivity index (χ2v) is 7.54. The van der Waals surface area contributed by atoms with Crippen LogP contribution in [0.3, 0.4) is 0 Å². The molecular formula is C17H16ClN3O2S. The molecule has 3 heterocycles. The minimum atomic E-state index is -0.000442. The van der Waals surface area contributed by atoms with Gasteiger partial charge in [0, 0.05) is 30.1 Å². The third kappa shape index (κ3) is 2.91. The molecule has 0 unspecified atom stereocenters. The summed E-state index contributed by atoms with van der Waals surface area (Å²) in [6.45, 7) is 3.34. The number of carbonyl (C=O) groups excluding carboxylic acids is 1. The lowest BCUT2D eigenvalue weighted by Gasteiger charge is -2.30. The number of thiazole rings is 1. The highest BCUT2D eigenvalue weighted by Gasteiger charge is 2.28. The van der Waals surface area contributed by atoms with Crippen LogP contribution in [-0.2, 0) is 0 Å². The van der Waals surface area contributed by atoms with Crippen molar-refractivity contribution in [1.82, 2.24) is 15.0 Å². The first-order chi connectivity index (χ1) is 11.6. The fourth-order valence-corrected chi connectivity index (χ4v) is 4.15. The SMILES string of the molecule is Cc1cc(C2CCN(C(=O)c3nc4cc(Cl)ccc4s3)CC2)on1. The number of nitrogens with zero attached hydrogens (tertiary/aromatic N) is 3. The van der Waals surface area contributed by atoms with E-state index < -0.39 is 0 Å². The Morgan fingerprint density at radius 1 is 1.33 bits per heavy atom. The van der Waals surface area contributed by atoms with Gasteiger partial charge in [-0.3, -0.25) is 4.79 Å². The maximum absolute atomic E-state index is 12.7. The monoisotopic (exact) mass is 361 g/mol. The van der Waals surface area contributed by atoms with Gasteiger partial charge in [0.2, 0.25) is 0 Å². The number of carbonyl (C=O) groups is 1. The van der Waals surface area contributed by atoms with E-state index >= 15 is 0 Å². The van der Waals surface area contributed by atoms with E-state index in [1.54, 1.807) is 6.07 Å². The number of amides is 1. The van der Waals surface area contributed by atoms with E-state index in [0.29, 0.717) is 29.0 Å². The van der Waals surface area contributed by atoms with Crippen LogP contribution in [0.5, 0.6) is 0 Å². The summed E-state index contributed by atoms with van der Waals surface area (Å²) in [5, 5.41) is 5.11. The molecule has 24 heavy (non-hydrogen) atoms. The molecule has 5 nitrogen and oxygen atoms in total. The zero-order valence-corrected chi connectivity index (χ0v) is 14.7. The van der Waals surface area contributed by atoms with Crippen LogP contribution >= 0.6 is 22.9 Å². The first-order valence-corrected chi connectivity index (χ1v) is 9.08. The average Bonchev–Trinajstić information content (AvgIpc) is 3.20. The highest BCUT2D eigenvalue weighted by Crippen LogP contribution is 2.30. The summed E-state index contributed by atoms with van der Waals surface area (Å²) in [4.78, 5) is 19.0. The number of rotatable bonds is 2. The van der Waals surface area contributed by atoms with E-state index in [-0.39, 0.29) is 5.91 Å². The minimum absolute atomic E-state index is 0.000442. The Hall–Kier alpha value is -1.92. The Morgan fingerprint density at radius 3 is 2.83 bits per heavy atom. The van der Waals surface area contributed by atoms with Gasteiger partial charge in [0.25, 0.3) is 5.91 Å². The topological polar surface area (TPSA) is 59.2 Å². The van der Waals surface area contributed by atoms with Gasteiger partial charge < -0.3 is 9.42 Å². The number of aromatic nitrogens is 2. The van der Waals surface area contributed by atoms with Crippen molar-refractivity contribution in [2.45, 2.75) is 25.7 Å². The van der Waals surface area contributed by atoms with E-state index in [9.17, 15) is 4.79 Å². The first-order valence-electron chi connectivity index (χ1n) is 7.89. The van der Waals surface area contributed by atoms with Crippen LogP contribution in [0.25, 0.3) is 10.2 Å². The molecule has 0 N–H and O–H groups in total. The van der Waals surface area contributed by atoms with Crippen molar-refractivity contribution in [2.24, 2.45) is 0 Å². The maximum Gasteiger partial charge on any atom is 0.282 e. The number of halogens is 1. The largest absolute Gasteiger partial charge is 0.361 e. The smallest absolute Gasteiger partial charge is 0.282 e. The molecule has 0 saturated carbocycles. The molecular weight excluding hydrogens is 346 g/mol. The van der Waals surface area contributed by atoms with Gasteiger partial charge in [-0.1, -0.05) is 16.8 Å². The molecule has 2 aromatic heterocycles. The normalized spacial score (nSPS) is 16.0. The van der Waals surface area contributed by atoms with Crippen molar-refractivity contribution >= 4 is 39.1 Å². The molecule has 0 atom stereocenters. The van der Waals surface area contributed by atoms with Crippen molar-refractivity contribution in [3.63, 3.8) is 0 Å². The van der Waals surface area contributed by atoms with Gasteiger partial charge in [0.05, 0.1) is 15.9 Å². The van der Waals surface area contributed by atoms with E-state index in [0.717, 1.165) is 34.5 Å². The van der Waals surface area contributed by atoms with Gasteiger partial charge in [-0.15, -0.1) is 11.3 Å². The molecule has 1 amide bonds. The van der Waals surface area contributed by atoms with E-state index in [2.05, 4.69) is 10.1 Å². The number of fused-ring (bicyclic) bond motifs is 1. The van der Waals surface area contributed by atoms with Gasteiger partial charge in [-0.2, -0.15) is 0 Å². The van der Waals surface area contributed by atoms with Crippen molar-refractivity contribution < 1.29 is 9.32 Å². The van der Waals surface area contributed by atoms with Gasteiger partial charge in [-0.05, 0) is 38.0 Å². The van der Waals surface area contributed by atoms with Crippen LogP contribution in [0, 0.1) is 6.92 Å². The van der Waals surface area contributed by atoms with Crippen LogP contribution in [0.4, 0.5) is 0 Å². The first kappa shape index (κ1) is 15.6. The average molecular weight is 362 g/mol. The summed E-state index contributed by atoms with van der Waals surface area (Å²) in [7, 11) is 0. The van der Waals surface area contributed by atoms with Crippen LogP contribution in [0.1, 0.15) is 40.0 Å². The molecule has 7 heteroatoms. The fourth-order valence-electron chi connectivity index (χ4n) is 3.07. The van der Waals surface area contributed by atoms with Crippen LogP contribution in [0.2, 0.25) is 5.02 Å². The summed E-state index contributed by atoms with van der Waals surface area (Å²) < 4.78 is 6.34. The third-order valence-corrected chi connectivity index (χ3v) is 5.62. The molecule has 4 rings (SSSR count). The van der Waals surface area contributed by atoms with Crippen LogP contribution < -0.4 is 0 Å². The lowest BCUT2D eigenvalue weighted by Crippen LogP contribution is -2.37. The van der Waals surface area contributed by atoms with Gasteiger partial charge in [0.1, 0.15) is 5.76 Å². The molecule has 0 radical (unpaired) electrons. The Kier molecular flexibility index (Phi) is 4.02. The number of benzene rings is 1. The number of hydrogen-bond donors (Lipinski definition) is 0. The summed E-state index contributed by atoms with van der Waals surface area (Å²) in [6, 6.07) is 7.51. The molecule has 124 valence electrons. The lowest BCUT2D eigenvalue weighted by atomic mass is 9.94. The Morgan fingerprint density at radius 2 is 2.12 bits per heavy atom. The van der Waals surface area contributed by atoms with Crippen LogP contribution in [0.15, 0.2) is 28.8 Å². The predicted molar refractivity (Wildman–Crippen MR) is 93.7 cm³/mol. The number of likely N-dealkylation sites (tertiary alicyclic amines) is 1. The van der Waals surface area contributed by atoms with Gasteiger partial charge in [-0.25, -0.2) is 4.98 Å². The van der Waals surface area contributed by atoms with E-state index in [4.69, 9.17) is 16.1 Å². The summed E-state index contributed by atoms with van der Waals surface area (Å²) in [5.41, 5.74) is 1.68. The van der Waals surface area contributed by atoms with Gasteiger partial charge in [0.15, 0.2) is 5.01 Å². The maximum atomic E-state index is 12.7. The molecule has 0 aliphatic carbocycles. The standard InChI is InChI=1S/C17H16ClN3O2S/c1-10-8-14(23-20-10)11-4-6-21(7-5-11)17(22)16-19-13-9-12(18)2-3-15(13)24-16/h2-3,8-9,11H,4-7H2,1H3. The third-order valence-electron chi connectivity index (χ3n) is 4.36. The summed E-state index contributed by atoms with van der Waals surface area (Å²) in [5.74, 6) is 1.26. The number of aryl methyl sites for hydroxylation is 1. The molecule has 3 aromatic rings. The summed E-state index contributed by atoms with van der Waals surface area (Å²) in [6.07, 6.45) is 1.77. The van der Waals surface area contributed by atoms with Crippen molar-refractivity contribution in [2.75, 3.05) is 13.1 Å². The molecule has 1 aromatic carbocycles. The molecule has 1 aliphatic heterocycles. The van der Waals surface area contributed by atoms with Crippen LogP contribution in [-0.4, -0.2) is 34.0 Å². The van der Waals surface area contributed by atoms with E-state index in [1.165, 1.54) is 11.3 Å². The minimum Gasteiger partial charge on any atom is -0.361 e. The second-order valence-electron chi connectivity index (χ2n) is 6.07. The Balaban J connectivity index is 1.47. The molecule has 1 fully saturated rings. The zero-order chi connectivity index (χ0) is 16.7. The highest BCUT2D eigenvalue weighted by atomic mass is 35.5. The van der Waals surface area contributed by atoms with Crippen molar-refractivity contribution in [1.29, 1.82) is 0 Å². The molecule has 0 spiro atoms. The number of piperidine rings is 1. The predicted octanol–water partition coefficient (Wildman–Crippen LogP) is 4.27. The lowest BCUT2D eigenvalue weighted by molar-refractivity contribution is 0.0706. The molecule has 1 aliphatic rings. The number of hydrogen-bond acceptors (Lipinski definition) is 5. The van der Waals surface area contributed by atoms with Crippen molar-refractivity contribution in [3.8, 4) is 0 Å². The van der Waals surface area contributed by atoms with Crippen molar-refractivity contribution in [3.05, 3.63) is 45.7 Å².